The first-order valence-electron chi connectivity index (χ1n) is 12.6. The fourth-order valence-electron chi connectivity index (χ4n) is 4.53. The highest BCUT2D eigenvalue weighted by Gasteiger charge is 2.50. The van der Waals surface area contributed by atoms with E-state index in [2.05, 4.69) is 5.32 Å². The molecule has 0 bridgehead atoms. The Balaban J connectivity index is 2.07. The van der Waals surface area contributed by atoms with Crippen molar-refractivity contribution in [2.75, 3.05) is 20.3 Å². The van der Waals surface area contributed by atoms with Crippen LogP contribution in [0, 0.1) is 5.82 Å². The van der Waals surface area contributed by atoms with Crippen LogP contribution in [0.4, 0.5) is 4.39 Å². The van der Waals surface area contributed by atoms with Gasteiger partial charge in [-0.15, -0.1) is 0 Å². The van der Waals surface area contributed by atoms with Gasteiger partial charge >= 0.3 is 0 Å². The normalized spacial score (nSPS) is 22.9. The summed E-state index contributed by atoms with van der Waals surface area (Å²) in [7, 11) is 1.44. The zero-order valence-electron chi connectivity index (χ0n) is 22.1. The Morgan fingerprint density at radius 2 is 1.95 bits per heavy atom. The molecule has 3 N–H and O–H groups in total. The highest BCUT2D eigenvalue weighted by Crippen LogP contribution is 2.43. The molecule has 204 valence electrons. The number of methoxy groups -OCH3 is 1. The van der Waals surface area contributed by atoms with Crippen LogP contribution >= 0.6 is 0 Å². The Bertz CT molecular complexity index is 1060. The fourth-order valence-corrected chi connectivity index (χ4v) is 4.53. The predicted octanol–water partition coefficient (Wildman–Crippen LogP) is 3.60. The summed E-state index contributed by atoms with van der Waals surface area (Å²) in [5.41, 5.74) is 1.08. The van der Waals surface area contributed by atoms with Crippen LogP contribution < -0.4 is 14.8 Å². The molecule has 9 heteroatoms. The van der Waals surface area contributed by atoms with Crippen LogP contribution in [0.15, 0.2) is 36.4 Å². The lowest BCUT2D eigenvalue weighted by Gasteiger charge is -2.46. The molecule has 1 aliphatic heterocycles. The van der Waals surface area contributed by atoms with E-state index < -0.39 is 36.0 Å². The van der Waals surface area contributed by atoms with Gasteiger partial charge in [0.2, 0.25) is 12.2 Å². The molecule has 8 nitrogen and oxygen atoms in total. The van der Waals surface area contributed by atoms with Crippen LogP contribution in [-0.2, 0) is 20.7 Å². The Hall–Kier alpha value is -2.72. The van der Waals surface area contributed by atoms with Crippen molar-refractivity contribution in [3.8, 4) is 22.6 Å². The molecule has 1 amide bonds. The number of carbonyl (C=O) groups is 1. The molecule has 0 aliphatic carbocycles. The largest absolute Gasteiger partial charge is 0.489 e. The number of carbonyl (C=O) groups excluding carboxylic acids is 1. The molecule has 4 atom stereocenters. The molecule has 0 aromatic heterocycles. The second kappa shape index (κ2) is 12.7. The fraction of sp³-hybridized carbons (Fsp3) is 0.536. The number of hydrogen-bond donors (Lipinski definition) is 3. The predicted molar refractivity (Wildman–Crippen MR) is 137 cm³/mol. The topological polar surface area (TPSA) is 106 Å². The van der Waals surface area contributed by atoms with Crippen molar-refractivity contribution in [1.82, 2.24) is 5.32 Å². The van der Waals surface area contributed by atoms with Crippen LogP contribution in [0.5, 0.6) is 11.5 Å². The summed E-state index contributed by atoms with van der Waals surface area (Å²) in [5, 5.41) is 24.2. The molecule has 2 aromatic carbocycles. The first-order chi connectivity index (χ1) is 17.6. The number of unbranched alkanes of at least 4 members (excludes halogenated alkanes) is 1. The van der Waals surface area contributed by atoms with E-state index in [0.29, 0.717) is 36.4 Å². The third-order valence-electron chi connectivity index (χ3n) is 6.37. The molecule has 3 rings (SSSR count). The molecule has 1 fully saturated rings. The highest BCUT2D eigenvalue weighted by atomic mass is 19.1. The third-order valence-corrected chi connectivity index (χ3v) is 6.37. The van der Waals surface area contributed by atoms with Gasteiger partial charge in [0.05, 0.1) is 12.2 Å². The Labute approximate surface area is 217 Å². The van der Waals surface area contributed by atoms with Crippen LogP contribution in [0.25, 0.3) is 11.1 Å². The van der Waals surface area contributed by atoms with E-state index in [1.807, 2.05) is 13.0 Å². The number of amides is 1. The van der Waals surface area contributed by atoms with Crippen molar-refractivity contribution >= 4 is 5.91 Å². The van der Waals surface area contributed by atoms with E-state index in [1.54, 1.807) is 32.0 Å². The molecular weight excluding hydrogens is 481 g/mol. The third kappa shape index (κ3) is 6.98. The average Bonchev–Trinajstić information content (AvgIpc) is 2.83. The number of aliphatic hydroxyl groups is 2. The molecule has 1 saturated heterocycles. The van der Waals surface area contributed by atoms with Gasteiger partial charge in [-0.25, -0.2) is 4.39 Å². The van der Waals surface area contributed by atoms with Crippen molar-refractivity contribution in [3.05, 3.63) is 47.8 Å². The van der Waals surface area contributed by atoms with Crippen LogP contribution in [0.2, 0.25) is 0 Å². The van der Waals surface area contributed by atoms with E-state index in [0.717, 1.165) is 18.4 Å². The number of rotatable bonds is 11. The van der Waals surface area contributed by atoms with Crippen molar-refractivity contribution < 1.29 is 38.3 Å². The summed E-state index contributed by atoms with van der Waals surface area (Å²) in [5.74, 6) is 0.0983. The van der Waals surface area contributed by atoms with E-state index >= 15 is 0 Å². The Kier molecular flexibility index (Phi) is 9.89. The zero-order valence-corrected chi connectivity index (χ0v) is 22.1. The second-order valence-electron chi connectivity index (χ2n) is 9.72. The van der Waals surface area contributed by atoms with Crippen molar-refractivity contribution in [3.63, 3.8) is 0 Å². The van der Waals surface area contributed by atoms with Crippen molar-refractivity contribution in [1.29, 1.82) is 0 Å². The maximum atomic E-state index is 14.3. The zero-order chi connectivity index (χ0) is 27.2. The van der Waals surface area contributed by atoms with Crippen LogP contribution in [-0.4, -0.2) is 66.6 Å². The van der Waals surface area contributed by atoms with Gasteiger partial charge in [0, 0.05) is 26.1 Å². The smallest absolute Gasteiger partial charge is 0.229 e. The van der Waals surface area contributed by atoms with Gasteiger partial charge in [-0.3, -0.25) is 4.79 Å². The average molecular weight is 520 g/mol. The van der Waals surface area contributed by atoms with Gasteiger partial charge in [0.15, 0.2) is 11.5 Å². The number of benzene rings is 2. The molecule has 0 spiro atoms. The number of aliphatic hydroxyl groups excluding tert-OH is 2. The van der Waals surface area contributed by atoms with Crippen molar-refractivity contribution in [2.45, 2.75) is 77.2 Å². The summed E-state index contributed by atoms with van der Waals surface area (Å²) in [4.78, 5) is 11.4. The lowest BCUT2D eigenvalue weighted by molar-refractivity contribution is -0.306. The van der Waals surface area contributed by atoms with Crippen molar-refractivity contribution in [2.24, 2.45) is 0 Å². The summed E-state index contributed by atoms with van der Waals surface area (Å²) >= 11 is 0. The SMILES string of the molecule is CCCCOc1c(O[C@@H]2OC(C)(C)[C@H](OC)[C@@H](O)[C@H]2O)ccc(CCNC(C)=O)c1-c1cccc(F)c1. The van der Waals surface area contributed by atoms with Crippen LogP contribution in [0.3, 0.4) is 0 Å². The molecule has 0 unspecified atom stereocenters. The summed E-state index contributed by atoms with van der Waals surface area (Å²) in [6.45, 7) is 7.75. The van der Waals surface area contributed by atoms with Gasteiger partial charge in [-0.05, 0) is 56.0 Å². The quantitative estimate of drug-likeness (QED) is 0.390. The number of nitrogens with one attached hydrogen (secondary N) is 1. The maximum Gasteiger partial charge on any atom is 0.229 e. The monoisotopic (exact) mass is 519 g/mol. The van der Waals surface area contributed by atoms with E-state index in [9.17, 15) is 19.4 Å². The summed E-state index contributed by atoms with van der Waals surface area (Å²) in [6, 6.07) is 9.68. The summed E-state index contributed by atoms with van der Waals surface area (Å²) in [6.07, 6.45) is -2.46. The van der Waals surface area contributed by atoms with E-state index in [4.69, 9.17) is 18.9 Å². The van der Waals surface area contributed by atoms with Gasteiger partial charge in [0.1, 0.15) is 24.1 Å². The minimum absolute atomic E-state index is 0.148. The molecular formula is C28H38FNO7. The minimum atomic E-state index is -1.39. The second-order valence-corrected chi connectivity index (χ2v) is 9.72. The molecule has 0 radical (unpaired) electrons. The first kappa shape index (κ1) is 28.8. The Morgan fingerprint density at radius 1 is 1.19 bits per heavy atom. The minimum Gasteiger partial charge on any atom is -0.489 e. The molecule has 1 aliphatic rings. The number of halogens is 1. The number of ether oxygens (including phenoxy) is 4. The molecule has 1 heterocycles. The van der Waals surface area contributed by atoms with Gasteiger partial charge in [-0.2, -0.15) is 0 Å². The Morgan fingerprint density at radius 3 is 2.59 bits per heavy atom. The molecule has 37 heavy (non-hydrogen) atoms. The number of hydrogen-bond acceptors (Lipinski definition) is 7. The maximum absolute atomic E-state index is 14.3. The molecule has 2 aromatic rings. The van der Waals surface area contributed by atoms with Gasteiger partial charge < -0.3 is 34.5 Å². The highest BCUT2D eigenvalue weighted by molar-refractivity contribution is 5.78. The van der Waals surface area contributed by atoms with Gasteiger partial charge in [0.25, 0.3) is 0 Å². The van der Waals surface area contributed by atoms with E-state index in [1.165, 1.54) is 26.2 Å². The lowest BCUT2D eigenvalue weighted by atomic mass is 9.89. The van der Waals surface area contributed by atoms with Gasteiger partial charge in [-0.1, -0.05) is 31.5 Å². The standard InChI is InChI=1S/C28H38FNO7/c1-6-7-15-35-25-21(36-27-24(33)23(32)26(34-5)28(3,4)37-27)12-11-18(13-14-30-17(2)31)22(25)19-9-8-10-20(29)16-19/h8-12,16,23-24,26-27,32-33H,6-7,13-15H2,1-5H3,(H,30,31)/t23-,24+,26+,27+/m0/s1. The first-order valence-corrected chi connectivity index (χ1v) is 12.6. The van der Waals surface area contributed by atoms with Crippen LogP contribution in [0.1, 0.15) is 46.1 Å². The molecule has 0 saturated carbocycles. The van der Waals surface area contributed by atoms with E-state index in [-0.39, 0.29) is 11.7 Å². The summed E-state index contributed by atoms with van der Waals surface area (Å²) < 4.78 is 38.0. The lowest BCUT2D eigenvalue weighted by Crippen LogP contribution is -2.63.